The zero-order valence-electron chi connectivity index (χ0n) is 10.4. The molecule has 7 nitrogen and oxygen atoms in total. The molecule has 0 unspecified atom stereocenters. The van der Waals surface area contributed by atoms with Crippen LogP contribution in [0, 0.1) is 5.82 Å². The van der Waals surface area contributed by atoms with Crippen LogP contribution in [0.15, 0.2) is 23.1 Å². The topological polar surface area (TPSA) is 110 Å². The monoisotopic (exact) mass is 305 g/mol. The molecule has 0 aromatic heterocycles. The lowest BCUT2D eigenvalue weighted by Gasteiger charge is -2.07. The number of carbonyl (C=O) groups is 2. The Morgan fingerprint density at radius 2 is 2.05 bits per heavy atom. The number of esters is 1. The fourth-order valence-corrected chi connectivity index (χ4v) is 2.36. The highest BCUT2D eigenvalue weighted by Gasteiger charge is 2.19. The molecule has 0 fully saturated rings. The first kappa shape index (κ1) is 16.1. The first-order valence-electron chi connectivity index (χ1n) is 5.37. The van der Waals surface area contributed by atoms with Crippen molar-refractivity contribution in [2.75, 3.05) is 13.7 Å². The third-order valence-corrected chi connectivity index (χ3v) is 3.75. The summed E-state index contributed by atoms with van der Waals surface area (Å²) in [6.45, 7) is -0.321. The highest BCUT2D eigenvalue weighted by molar-refractivity contribution is 7.89. The largest absolute Gasteiger partial charge is 0.481 e. The predicted molar refractivity (Wildman–Crippen MR) is 65.2 cm³/mol. The molecule has 0 radical (unpaired) electrons. The molecule has 1 rings (SSSR count). The van der Waals surface area contributed by atoms with Gasteiger partial charge in [-0.25, -0.2) is 22.3 Å². The summed E-state index contributed by atoms with van der Waals surface area (Å²) in [6, 6.07) is 2.67. The SMILES string of the molecule is COC(=O)c1ccc(S(=O)(=O)NCCC(=O)O)cc1F. The Morgan fingerprint density at radius 3 is 2.55 bits per heavy atom. The summed E-state index contributed by atoms with van der Waals surface area (Å²) in [5.41, 5.74) is -0.392. The van der Waals surface area contributed by atoms with E-state index in [0.29, 0.717) is 6.07 Å². The number of aliphatic carboxylic acids is 1. The van der Waals surface area contributed by atoms with Crippen LogP contribution in [0.4, 0.5) is 4.39 Å². The molecule has 1 aromatic carbocycles. The lowest BCUT2D eigenvalue weighted by molar-refractivity contribution is -0.136. The molecule has 0 saturated heterocycles. The van der Waals surface area contributed by atoms with Crippen LogP contribution in [-0.4, -0.2) is 39.1 Å². The molecule has 0 saturated carbocycles. The molecular weight excluding hydrogens is 293 g/mol. The zero-order chi connectivity index (χ0) is 15.3. The van der Waals surface area contributed by atoms with Crippen molar-refractivity contribution < 1.29 is 32.2 Å². The van der Waals surface area contributed by atoms with Gasteiger partial charge in [0.05, 0.1) is 24.0 Å². The summed E-state index contributed by atoms with van der Waals surface area (Å²) < 4.78 is 43.4. The zero-order valence-corrected chi connectivity index (χ0v) is 11.2. The number of methoxy groups -OCH3 is 1. The molecule has 0 bridgehead atoms. The van der Waals surface area contributed by atoms with Gasteiger partial charge in [-0.15, -0.1) is 0 Å². The molecule has 0 spiro atoms. The third kappa shape index (κ3) is 4.00. The molecule has 0 aliphatic heterocycles. The van der Waals surface area contributed by atoms with Gasteiger partial charge in [0.25, 0.3) is 0 Å². The number of hydrogen-bond donors (Lipinski definition) is 2. The number of benzene rings is 1. The molecular formula is C11H12FNO6S. The number of halogens is 1. The molecule has 2 N–H and O–H groups in total. The number of sulfonamides is 1. The average molecular weight is 305 g/mol. The second-order valence-electron chi connectivity index (χ2n) is 3.67. The Balaban J connectivity index is 2.94. The number of ether oxygens (including phenoxy) is 1. The van der Waals surface area contributed by atoms with E-state index < -0.39 is 44.7 Å². The van der Waals surface area contributed by atoms with Crippen molar-refractivity contribution in [3.8, 4) is 0 Å². The lowest BCUT2D eigenvalue weighted by Crippen LogP contribution is -2.26. The number of carbonyl (C=O) groups excluding carboxylic acids is 1. The van der Waals surface area contributed by atoms with Crippen molar-refractivity contribution in [1.82, 2.24) is 4.72 Å². The van der Waals surface area contributed by atoms with Crippen molar-refractivity contribution in [2.24, 2.45) is 0 Å². The highest BCUT2D eigenvalue weighted by Crippen LogP contribution is 2.15. The van der Waals surface area contributed by atoms with E-state index in [9.17, 15) is 22.4 Å². The first-order valence-corrected chi connectivity index (χ1v) is 6.85. The van der Waals surface area contributed by atoms with Gasteiger partial charge in [-0.1, -0.05) is 0 Å². The fourth-order valence-electron chi connectivity index (χ4n) is 1.31. The first-order chi connectivity index (χ1) is 9.27. The minimum atomic E-state index is -4.03. The van der Waals surface area contributed by atoms with Gasteiger partial charge in [0.2, 0.25) is 10.0 Å². The molecule has 1 aromatic rings. The van der Waals surface area contributed by atoms with Crippen molar-refractivity contribution >= 4 is 22.0 Å². The summed E-state index contributed by atoms with van der Waals surface area (Å²) in [7, 11) is -2.96. The van der Waals surface area contributed by atoms with Crippen LogP contribution < -0.4 is 4.72 Å². The van der Waals surface area contributed by atoms with E-state index in [1.807, 2.05) is 4.72 Å². The predicted octanol–water partition coefficient (Wildman–Crippen LogP) is 0.365. The molecule has 0 aliphatic carbocycles. The minimum absolute atomic E-state index is 0.321. The van der Waals surface area contributed by atoms with Crippen LogP contribution in [0.1, 0.15) is 16.8 Å². The maximum Gasteiger partial charge on any atom is 0.340 e. The fraction of sp³-hybridized carbons (Fsp3) is 0.273. The highest BCUT2D eigenvalue weighted by atomic mass is 32.2. The Labute approximate surface area is 114 Å². The Bertz CT molecular complexity index is 628. The molecule has 0 atom stereocenters. The van der Waals surface area contributed by atoms with Crippen LogP contribution in [0.2, 0.25) is 0 Å². The summed E-state index contributed by atoms with van der Waals surface area (Å²) >= 11 is 0. The summed E-state index contributed by atoms with van der Waals surface area (Å²) in [5, 5.41) is 8.40. The van der Waals surface area contributed by atoms with E-state index >= 15 is 0 Å². The second-order valence-corrected chi connectivity index (χ2v) is 5.44. The molecule has 0 heterocycles. The van der Waals surface area contributed by atoms with Gasteiger partial charge in [0.1, 0.15) is 5.82 Å². The average Bonchev–Trinajstić information content (AvgIpc) is 2.37. The van der Waals surface area contributed by atoms with Crippen LogP contribution >= 0.6 is 0 Å². The Morgan fingerprint density at radius 1 is 1.40 bits per heavy atom. The van der Waals surface area contributed by atoms with Crippen molar-refractivity contribution in [3.05, 3.63) is 29.6 Å². The number of rotatable bonds is 6. The van der Waals surface area contributed by atoms with Gasteiger partial charge in [0.15, 0.2) is 0 Å². The van der Waals surface area contributed by atoms with Crippen molar-refractivity contribution in [2.45, 2.75) is 11.3 Å². The van der Waals surface area contributed by atoms with E-state index in [1.165, 1.54) is 0 Å². The Hall–Kier alpha value is -2.00. The standard InChI is InChI=1S/C11H12FNO6S/c1-19-11(16)8-3-2-7(6-9(8)12)20(17,18)13-5-4-10(14)15/h2-3,6,13H,4-5H2,1H3,(H,14,15). The van der Waals surface area contributed by atoms with E-state index in [1.54, 1.807) is 0 Å². The van der Waals surface area contributed by atoms with Crippen LogP contribution in [-0.2, 0) is 19.6 Å². The van der Waals surface area contributed by atoms with Crippen LogP contribution in [0.25, 0.3) is 0 Å². The van der Waals surface area contributed by atoms with E-state index in [2.05, 4.69) is 4.74 Å². The normalized spacial score (nSPS) is 11.1. The molecule has 110 valence electrons. The number of hydrogen-bond acceptors (Lipinski definition) is 5. The van der Waals surface area contributed by atoms with Gasteiger partial charge >= 0.3 is 11.9 Å². The van der Waals surface area contributed by atoms with Gasteiger partial charge in [0, 0.05) is 6.54 Å². The maximum absolute atomic E-state index is 13.6. The second kappa shape index (κ2) is 6.44. The summed E-state index contributed by atoms with van der Waals surface area (Å²) in [4.78, 5) is 21.0. The Kier molecular flexibility index (Phi) is 5.17. The lowest BCUT2D eigenvalue weighted by atomic mass is 10.2. The molecule has 0 amide bonds. The van der Waals surface area contributed by atoms with Crippen LogP contribution in [0.5, 0.6) is 0 Å². The third-order valence-electron chi connectivity index (χ3n) is 2.29. The quantitative estimate of drug-likeness (QED) is 0.735. The van der Waals surface area contributed by atoms with Crippen LogP contribution in [0.3, 0.4) is 0 Å². The molecule has 20 heavy (non-hydrogen) atoms. The maximum atomic E-state index is 13.6. The van der Waals surface area contributed by atoms with E-state index in [-0.39, 0.29) is 6.54 Å². The molecule has 9 heteroatoms. The number of carboxylic acid groups (broad SMARTS) is 1. The van der Waals surface area contributed by atoms with Gasteiger partial charge in [-0.05, 0) is 18.2 Å². The van der Waals surface area contributed by atoms with Crippen molar-refractivity contribution in [1.29, 1.82) is 0 Å². The van der Waals surface area contributed by atoms with E-state index in [0.717, 1.165) is 19.2 Å². The van der Waals surface area contributed by atoms with Gasteiger partial charge < -0.3 is 9.84 Å². The summed E-state index contributed by atoms with van der Waals surface area (Å²) in [5.74, 6) is -3.14. The van der Waals surface area contributed by atoms with Gasteiger partial charge in [-0.3, -0.25) is 4.79 Å². The smallest absolute Gasteiger partial charge is 0.340 e. The molecule has 0 aliphatic rings. The minimum Gasteiger partial charge on any atom is -0.481 e. The van der Waals surface area contributed by atoms with Gasteiger partial charge in [-0.2, -0.15) is 0 Å². The number of carboxylic acids is 1. The number of nitrogens with one attached hydrogen (secondary N) is 1. The van der Waals surface area contributed by atoms with E-state index in [4.69, 9.17) is 5.11 Å². The summed E-state index contributed by atoms with van der Waals surface area (Å²) in [6.07, 6.45) is -0.401. The van der Waals surface area contributed by atoms with Crippen molar-refractivity contribution in [3.63, 3.8) is 0 Å².